The zero-order valence-electron chi connectivity index (χ0n) is 46.4. The summed E-state index contributed by atoms with van der Waals surface area (Å²) in [6, 6.07) is 0. The molecule has 19 heteroatoms. The lowest BCUT2D eigenvalue weighted by atomic mass is 9.40. The average Bonchev–Trinajstić information content (AvgIpc) is 4.15. The summed E-state index contributed by atoms with van der Waals surface area (Å²) < 4.78 is 34.2. The number of hydrogen-bond acceptors (Lipinski definition) is 19. The van der Waals surface area contributed by atoms with Crippen molar-refractivity contribution in [1.29, 1.82) is 0 Å². The number of aliphatic hydroxyl groups is 12. The van der Waals surface area contributed by atoms with Crippen LogP contribution in [0.1, 0.15) is 138 Å². The van der Waals surface area contributed by atoms with Gasteiger partial charge in [0.1, 0.15) is 49.0 Å². The molecule has 7 saturated carbocycles. The van der Waals surface area contributed by atoms with Crippen LogP contribution in [0.2, 0.25) is 0 Å². The van der Waals surface area contributed by atoms with Crippen LogP contribution < -0.4 is 0 Å². The van der Waals surface area contributed by atoms with Crippen molar-refractivity contribution in [1.82, 2.24) is 0 Å². The van der Waals surface area contributed by atoms with E-state index in [4.69, 9.17) is 28.4 Å². The van der Waals surface area contributed by atoms with Crippen LogP contribution in [0.15, 0.2) is 59.6 Å². The van der Waals surface area contributed by atoms with Gasteiger partial charge in [0, 0.05) is 35.7 Å². The van der Waals surface area contributed by atoms with Crippen molar-refractivity contribution in [3.63, 3.8) is 0 Å². The highest BCUT2D eigenvalue weighted by molar-refractivity contribution is 5.85. The molecule has 450 valence electrons. The predicted octanol–water partition coefficient (Wildman–Crippen LogP) is 3.00. The molecule has 0 aromatic rings. The Bertz CT molecular complexity index is 2480. The number of allylic oxidation sites excluding steroid dienone is 4. The fraction of sp³-hybridized carbons (Fsp3) is 0.820. The van der Waals surface area contributed by atoms with Gasteiger partial charge in [-0.2, -0.15) is 0 Å². The van der Waals surface area contributed by atoms with Crippen LogP contribution in [0.3, 0.4) is 0 Å². The Morgan fingerprint density at radius 2 is 1.31 bits per heavy atom. The van der Waals surface area contributed by atoms with Crippen LogP contribution in [0.4, 0.5) is 0 Å². The molecule has 0 amide bonds. The molecule has 2 saturated heterocycles. The Kier molecular flexibility index (Phi) is 16.2. The standard InChI is InChI=1S/C31H44O7.C29H44O12.CH4/c1-17-5-6-19(16-36-17)22-11-14-31(35)24-8-7-20-15-21(38-28-27(34)26(33)25(32)18(2)37-28)9-12-29(20,3)23(24)10-13-30(22,31)4;1-13-22(34)23(35)24(36)25(40-13)41-15-8-19(32)28(12-30)21-17(3-5-27(28,37)9-15)29(38)6-4-16(14-7-20(33)39-11-14)26(29,2)10-18(21)31;/h5-6,15-16,18,21-28,32-35H,1,7-14H2,2-4H3;7,13,15-19,21-25,30-32,34-38H,3-6,8-12H2,1-2H3;1H4/t18-,21-,22+,23-,24+,25-,26+,27+,28-,29-,30+,31-;13-,15-,16+,17+,18+,19+,21+,22-,23+,24+,25-,26+,27-,28+,29-;/m00./s1. The summed E-state index contributed by atoms with van der Waals surface area (Å²) in [5.74, 6) is -0.316. The quantitative estimate of drug-likeness (QED) is 0.0991. The van der Waals surface area contributed by atoms with E-state index in [1.807, 2.05) is 19.3 Å². The number of fused-ring (bicyclic) bond motifs is 10. The van der Waals surface area contributed by atoms with E-state index in [-0.39, 0.29) is 74.4 Å². The number of cyclic esters (lactones) is 1. The molecule has 0 aromatic heterocycles. The third-order valence-electron chi connectivity index (χ3n) is 23.8. The van der Waals surface area contributed by atoms with Crippen LogP contribution in [-0.2, 0) is 33.2 Å². The van der Waals surface area contributed by atoms with E-state index in [1.54, 1.807) is 6.92 Å². The number of hydrogen-bond donors (Lipinski definition) is 12. The lowest BCUT2D eigenvalue weighted by molar-refractivity contribution is -0.342. The second-order valence-electron chi connectivity index (χ2n) is 27.1. The topological polar surface area (TPSA) is 315 Å². The number of esters is 1. The molecule has 19 nitrogen and oxygen atoms in total. The molecule has 12 rings (SSSR count). The molecule has 0 unspecified atom stereocenters. The molecule has 0 spiro atoms. The molecule has 4 heterocycles. The largest absolute Gasteiger partial charge is 0.465 e. The first kappa shape index (κ1) is 60.5. The van der Waals surface area contributed by atoms with Crippen molar-refractivity contribution < 1.29 is 94.5 Å². The van der Waals surface area contributed by atoms with Crippen LogP contribution >= 0.6 is 0 Å². The summed E-state index contributed by atoms with van der Waals surface area (Å²) in [5, 5.41) is 133. The normalized spacial score (nSPS) is 54.0. The first-order chi connectivity index (χ1) is 37.2. The average molecular weight is 1130 g/mol. The Morgan fingerprint density at radius 3 is 1.93 bits per heavy atom. The SMILES string of the molecule is C.C=C1C=CC([C@H]2CC[C@]3(O)[C@@H]4CCC5=C[C@@H](O[C@@H]6O[C@@H](C)[C@H](O)[C@@H](O)[C@H]6O)CC[C@]5(C)[C@H]4CC[C@]23C)=CO1.C[C@@H]1O[C@@H](O[C@H]2C[C@@H](O)[C@]3(CO)[C@H]4[C@H](O)C[C@]5(C)[C@@H](C6=CC(=O)OC6)CC[C@]5(O)[C@@H]4CC[C@]3(O)C2)[C@H](O)[C@H](O)[C@H]1O. The van der Waals surface area contributed by atoms with E-state index in [2.05, 4.69) is 32.6 Å². The van der Waals surface area contributed by atoms with Crippen molar-refractivity contribution in [2.75, 3.05) is 13.2 Å². The van der Waals surface area contributed by atoms with E-state index in [0.29, 0.717) is 30.9 Å². The Morgan fingerprint density at radius 1 is 0.688 bits per heavy atom. The van der Waals surface area contributed by atoms with E-state index >= 15 is 0 Å². The molecule has 0 radical (unpaired) electrons. The Hall–Kier alpha value is -2.67. The van der Waals surface area contributed by atoms with Gasteiger partial charge >= 0.3 is 5.97 Å². The summed E-state index contributed by atoms with van der Waals surface area (Å²) in [7, 11) is 0. The van der Waals surface area contributed by atoms with Crippen molar-refractivity contribution >= 4 is 5.97 Å². The number of rotatable bonds is 7. The molecular formula is C61H92O19. The molecule has 9 fully saturated rings. The van der Waals surface area contributed by atoms with Gasteiger partial charge in [0.05, 0.1) is 71.7 Å². The highest BCUT2D eigenvalue weighted by atomic mass is 16.7. The first-order valence-corrected chi connectivity index (χ1v) is 29.4. The molecule has 12 N–H and O–H groups in total. The third kappa shape index (κ3) is 8.98. The van der Waals surface area contributed by atoms with E-state index in [0.717, 1.165) is 56.9 Å². The highest BCUT2D eigenvalue weighted by Crippen LogP contribution is 2.72. The van der Waals surface area contributed by atoms with Gasteiger partial charge in [-0.3, -0.25) is 0 Å². The van der Waals surface area contributed by atoms with E-state index in [9.17, 15) is 66.1 Å². The Balaban J connectivity index is 0.000000178. The summed E-state index contributed by atoms with van der Waals surface area (Å²) >= 11 is 0. The Labute approximate surface area is 470 Å². The predicted molar refractivity (Wildman–Crippen MR) is 287 cm³/mol. The lowest BCUT2D eigenvalue weighted by Crippen LogP contribution is -2.76. The van der Waals surface area contributed by atoms with Gasteiger partial charge in [0.2, 0.25) is 0 Å². The zero-order chi connectivity index (χ0) is 56.7. The summed E-state index contributed by atoms with van der Waals surface area (Å²) in [6.45, 7) is 13.2. The zero-order valence-corrected chi connectivity index (χ0v) is 46.4. The molecule has 27 atom stereocenters. The van der Waals surface area contributed by atoms with E-state index < -0.39 is 132 Å². The number of carbonyl (C=O) groups excluding carboxylic acids is 1. The minimum atomic E-state index is -1.67. The van der Waals surface area contributed by atoms with Crippen LogP contribution in [0.25, 0.3) is 0 Å². The van der Waals surface area contributed by atoms with Crippen molar-refractivity contribution in [2.45, 2.75) is 241 Å². The number of ether oxygens (including phenoxy) is 6. The fourth-order valence-electron chi connectivity index (χ4n) is 19.3. The molecular weight excluding hydrogens is 1040 g/mol. The minimum absolute atomic E-state index is 0. The second kappa shape index (κ2) is 21.4. The summed E-state index contributed by atoms with van der Waals surface area (Å²) in [4.78, 5) is 11.8. The van der Waals surface area contributed by atoms with Gasteiger partial charge in [0.25, 0.3) is 0 Å². The fourth-order valence-corrected chi connectivity index (χ4v) is 19.3. The van der Waals surface area contributed by atoms with Crippen molar-refractivity contribution in [2.24, 2.45) is 57.2 Å². The van der Waals surface area contributed by atoms with E-state index in [1.165, 1.54) is 24.1 Å². The molecule has 12 aliphatic rings. The van der Waals surface area contributed by atoms with Gasteiger partial charge in [-0.1, -0.05) is 52.5 Å². The maximum absolute atomic E-state index is 12.4. The van der Waals surface area contributed by atoms with Crippen LogP contribution in [0.5, 0.6) is 0 Å². The molecule has 0 bridgehead atoms. The highest BCUT2D eigenvalue weighted by Gasteiger charge is 2.76. The van der Waals surface area contributed by atoms with Gasteiger partial charge < -0.3 is 89.7 Å². The van der Waals surface area contributed by atoms with Crippen LogP contribution in [-0.4, -0.2) is 183 Å². The molecule has 8 aliphatic carbocycles. The van der Waals surface area contributed by atoms with Crippen molar-refractivity contribution in [3.8, 4) is 0 Å². The number of carbonyl (C=O) groups is 1. The van der Waals surface area contributed by atoms with Gasteiger partial charge in [-0.25, -0.2) is 4.79 Å². The molecule has 80 heavy (non-hydrogen) atoms. The molecule has 0 aromatic carbocycles. The van der Waals surface area contributed by atoms with Crippen molar-refractivity contribution in [3.05, 3.63) is 59.6 Å². The van der Waals surface area contributed by atoms with Gasteiger partial charge in [-0.05, 0) is 150 Å². The monoisotopic (exact) mass is 1130 g/mol. The number of aliphatic hydroxyl groups excluding tert-OH is 9. The van der Waals surface area contributed by atoms with Gasteiger partial charge in [0.15, 0.2) is 12.6 Å². The minimum Gasteiger partial charge on any atom is -0.465 e. The third-order valence-corrected chi connectivity index (χ3v) is 23.8. The smallest absolute Gasteiger partial charge is 0.331 e. The summed E-state index contributed by atoms with van der Waals surface area (Å²) in [6.07, 6.45) is 3.43. The second-order valence-corrected chi connectivity index (χ2v) is 27.1. The maximum Gasteiger partial charge on any atom is 0.331 e. The summed E-state index contributed by atoms with van der Waals surface area (Å²) in [5.41, 5.74) is -2.76. The van der Waals surface area contributed by atoms with Gasteiger partial charge in [-0.15, -0.1) is 0 Å². The lowest BCUT2D eigenvalue weighted by Gasteiger charge is -2.68. The maximum atomic E-state index is 12.4. The first-order valence-electron chi connectivity index (χ1n) is 29.4. The van der Waals surface area contributed by atoms with Crippen LogP contribution in [0, 0.1) is 57.2 Å². The molecule has 4 aliphatic heterocycles.